The summed E-state index contributed by atoms with van der Waals surface area (Å²) in [4.78, 5) is 14.6. The Bertz CT molecular complexity index is 639. The van der Waals surface area contributed by atoms with E-state index in [0.717, 1.165) is 32.4 Å². The van der Waals surface area contributed by atoms with Crippen molar-refractivity contribution in [1.29, 1.82) is 0 Å². The molecule has 0 aromatic heterocycles. The highest BCUT2D eigenvalue weighted by atomic mass is 19.1. The van der Waals surface area contributed by atoms with Crippen molar-refractivity contribution in [3.8, 4) is 0 Å². The number of hydrogen-bond acceptors (Lipinski definition) is 3. The molecule has 1 aromatic rings. The third kappa shape index (κ3) is 6.58. The summed E-state index contributed by atoms with van der Waals surface area (Å²) in [6.07, 6.45) is 2.34. The van der Waals surface area contributed by atoms with E-state index in [-0.39, 0.29) is 22.7 Å². The molecular formula is C22H35FN2O2. The number of β-amino-alcohol motifs (C(OH)–C–C–N with tert-alkyl or cyclic N) is 1. The number of benzene rings is 1. The minimum atomic E-state index is -0.745. The Kier molecular flexibility index (Phi) is 7.03. The van der Waals surface area contributed by atoms with E-state index in [1.807, 2.05) is 25.7 Å². The monoisotopic (exact) mass is 378 g/mol. The predicted molar refractivity (Wildman–Crippen MR) is 107 cm³/mol. The molecule has 1 aliphatic rings. The van der Waals surface area contributed by atoms with Crippen LogP contribution in [0, 0.1) is 17.2 Å². The van der Waals surface area contributed by atoms with Crippen LogP contribution in [0.1, 0.15) is 65.5 Å². The molecule has 0 unspecified atom stereocenters. The van der Waals surface area contributed by atoms with Crippen LogP contribution in [0.5, 0.6) is 0 Å². The van der Waals surface area contributed by atoms with Crippen LogP contribution >= 0.6 is 0 Å². The fourth-order valence-corrected chi connectivity index (χ4v) is 3.89. The summed E-state index contributed by atoms with van der Waals surface area (Å²) in [6, 6.07) is 6.10. The van der Waals surface area contributed by atoms with Gasteiger partial charge < -0.3 is 15.3 Å². The third-order valence-corrected chi connectivity index (χ3v) is 5.25. The van der Waals surface area contributed by atoms with E-state index in [9.17, 15) is 14.3 Å². The van der Waals surface area contributed by atoms with Gasteiger partial charge in [-0.2, -0.15) is 0 Å². The van der Waals surface area contributed by atoms with E-state index in [4.69, 9.17) is 0 Å². The highest BCUT2D eigenvalue weighted by Crippen LogP contribution is 2.28. The van der Waals surface area contributed by atoms with E-state index in [1.165, 1.54) is 12.1 Å². The zero-order valence-corrected chi connectivity index (χ0v) is 17.4. The van der Waals surface area contributed by atoms with Crippen molar-refractivity contribution in [2.24, 2.45) is 11.3 Å². The number of halogens is 1. The first kappa shape index (κ1) is 21.8. The topological polar surface area (TPSA) is 52.6 Å². The minimum absolute atomic E-state index is 0.174. The van der Waals surface area contributed by atoms with E-state index in [0.29, 0.717) is 18.0 Å². The molecule has 2 rings (SSSR count). The number of rotatable bonds is 6. The van der Waals surface area contributed by atoms with Crippen LogP contribution in [0.3, 0.4) is 0 Å². The van der Waals surface area contributed by atoms with Crippen LogP contribution in [-0.4, -0.2) is 41.1 Å². The molecule has 0 radical (unpaired) electrons. The van der Waals surface area contributed by atoms with Crippen LogP contribution in [0.4, 0.5) is 4.39 Å². The summed E-state index contributed by atoms with van der Waals surface area (Å²) in [5.41, 5.74) is 0.0650. The van der Waals surface area contributed by atoms with E-state index in [1.54, 1.807) is 12.1 Å². The highest BCUT2D eigenvalue weighted by molar-refractivity contribution is 5.81. The first-order valence-corrected chi connectivity index (χ1v) is 9.96. The standard InChI is InChI=1S/C22H35FN2O2/c1-21(2,3)20(27)25-11-7-8-16(15-25)13-22(4,5)24-14-19(26)17-9-6-10-18(23)12-17/h6,9-10,12,16,19,24,26H,7-8,11,13-15H2,1-5H3/t16-,19-/m0/s1. The van der Waals surface area contributed by atoms with Gasteiger partial charge in [0.2, 0.25) is 5.91 Å². The number of nitrogens with zero attached hydrogens (tertiary/aromatic N) is 1. The summed E-state index contributed by atoms with van der Waals surface area (Å²) >= 11 is 0. The summed E-state index contributed by atoms with van der Waals surface area (Å²) in [6.45, 7) is 12.2. The maximum Gasteiger partial charge on any atom is 0.227 e. The fourth-order valence-electron chi connectivity index (χ4n) is 3.89. The van der Waals surface area contributed by atoms with Gasteiger partial charge in [-0.1, -0.05) is 32.9 Å². The van der Waals surface area contributed by atoms with Gasteiger partial charge in [0.1, 0.15) is 5.82 Å². The smallest absolute Gasteiger partial charge is 0.227 e. The molecule has 1 fully saturated rings. The minimum Gasteiger partial charge on any atom is -0.387 e. The lowest BCUT2D eigenvalue weighted by atomic mass is 9.84. The van der Waals surface area contributed by atoms with Crippen molar-refractivity contribution in [2.45, 2.75) is 65.5 Å². The lowest BCUT2D eigenvalue weighted by Gasteiger charge is -2.39. The molecular weight excluding hydrogens is 343 g/mol. The molecule has 5 heteroatoms. The molecule has 2 atom stereocenters. The van der Waals surface area contributed by atoms with Gasteiger partial charge in [-0.05, 0) is 56.7 Å². The third-order valence-electron chi connectivity index (χ3n) is 5.25. The molecule has 27 heavy (non-hydrogen) atoms. The number of aliphatic hydroxyl groups excluding tert-OH is 1. The van der Waals surface area contributed by atoms with Gasteiger partial charge in [0.05, 0.1) is 6.10 Å². The SMILES string of the molecule is CC(C)(C[C@@H]1CCCN(C(=O)C(C)(C)C)C1)NC[C@H](O)c1cccc(F)c1. The zero-order chi connectivity index (χ0) is 20.2. The molecule has 0 aliphatic carbocycles. The Hall–Kier alpha value is -1.46. The van der Waals surface area contributed by atoms with Crippen molar-refractivity contribution < 1.29 is 14.3 Å². The summed E-state index contributed by atoms with van der Waals surface area (Å²) in [5, 5.41) is 13.8. The number of carbonyl (C=O) groups excluding carboxylic acids is 1. The summed E-state index contributed by atoms with van der Waals surface area (Å²) < 4.78 is 13.3. The van der Waals surface area contributed by atoms with Crippen LogP contribution in [0.25, 0.3) is 0 Å². The molecule has 0 saturated carbocycles. The fraction of sp³-hybridized carbons (Fsp3) is 0.682. The lowest BCUT2D eigenvalue weighted by molar-refractivity contribution is -0.141. The average Bonchev–Trinajstić information content (AvgIpc) is 2.58. The first-order valence-electron chi connectivity index (χ1n) is 9.96. The van der Waals surface area contributed by atoms with Gasteiger partial charge in [-0.15, -0.1) is 0 Å². The Morgan fingerprint density at radius 2 is 2.04 bits per heavy atom. The Morgan fingerprint density at radius 3 is 2.67 bits per heavy atom. The van der Waals surface area contributed by atoms with Crippen molar-refractivity contribution in [3.05, 3.63) is 35.6 Å². The summed E-state index contributed by atoms with van der Waals surface area (Å²) in [5.74, 6) is 0.329. The van der Waals surface area contributed by atoms with Crippen molar-refractivity contribution in [1.82, 2.24) is 10.2 Å². The molecule has 1 heterocycles. The maximum atomic E-state index is 13.3. The number of hydrogen-bond donors (Lipinski definition) is 2. The normalized spacial score (nSPS) is 19.8. The first-order chi connectivity index (χ1) is 12.5. The second kappa shape index (κ2) is 8.70. The molecule has 2 N–H and O–H groups in total. The molecule has 0 spiro atoms. The molecule has 4 nitrogen and oxygen atoms in total. The van der Waals surface area contributed by atoms with E-state index < -0.39 is 6.10 Å². The van der Waals surface area contributed by atoms with Gasteiger partial charge in [0, 0.05) is 30.6 Å². The van der Waals surface area contributed by atoms with Crippen LogP contribution in [-0.2, 0) is 4.79 Å². The number of amides is 1. The van der Waals surface area contributed by atoms with Gasteiger partial charge in [0.25, 0.3) is 0 Å². The Balaban J connectivity index is 1.88. The van der Waals surface area contributed by atoms with Gasteiger partial charge in [-0.3, -0.25) is 4.79 Å². The van der Waals surface area contributed by atoms with E-state index >= 15 is 0 Å². The molecule has 0 bridgehead atoms. The van der Waals surface area contributed by atoms with Gasteiger partial charge >= 0.3 is 0 Å². The predicted octanol–water partition coefficient (Wildman–Crippen LogP) is 3.90. The molecule has 1 aliphatic heterocycles. The number of piperidine rings is 1. The van der Waals surface area contributed by atoms with Gasteiger partial charge in [0.15, 0.2) is 0 Å². The highest BCUT2D eigenvalue weighted by Gasteiger charge is 2.33. The van der Waals surface area contributed by atoms with Crippen molar-refractivity contribution in [3.63, 3.8) is 0 Å². The maximum absolute atomic E-state index is 13.3. The van der Waals surface area contributed by atoms with Crippen molar-refractivity contribution >= 4 is 5.91 Å². The van der Waals surface area contributed by atoms with E-state index in [2.05, 4.69) is 19.2 Å². The Morgan fingerprint density at radius 1 is 1.33 bits per heavy atom. The van der Waals surface area contributed by atoms with Gasteiger partial charge in [-0.25, -0.2) is 4.39 Å². The van der Waals surface area contributed by atoms with Crippen LogP contribution in [0.2, 0.25) is 0 Å². The average molecular weight is 379 g/mol. The molecule has 152 valence electrons. The van der Waals surface area contributed by atoms with Crippen LogP contribution < -0.4 is 5.32 Å². The largest absolute Gasteiger partial charge is 0.387 e. The molecule has 1 amide bonds. The number of nitrogens with one attached hydrogen (secondary N) is 1. The number of carbonyl (C=O) groups is 1. The summed E-state index contributed by atoms with van der Waals surface area (Å²) in [7, 11) is 0. The Labute approximate surface area is 163 Å². The molecule has 1 aromatic carbocycles. The number of likely N-dealkylation sites (tertiary alicyclic amines) is 1. The molecule has 1 saturated heterocycles. The van der Waals surface area contributed by atoms with Crippen LogP contribution in [0.15, 0.2) is 24.3 Å². The zero-order valence-electron chi connectivity index (χ0n) is 17.4. The number of aliphatic hydroxyl groups is 1. The quantitative estimate of drug-likeness (QED) is 0.789. The second-order valence-electron chi connectivity index (χ2n) is 9.55. The second-order valence-corrected chi connectivity index (χ2v) is 9.55. The lowest BCUT2D eigenvalue weighted by Crippen LogP contribution is -2.49. The van der Waals surface area contributed by atoms with Crippen molar-refractivity contribution in [2.75, 3.05) is 19.6 Å².